The topological polar surface area (TPSA) is 123 Å². The molecule has 0 atom stereocenters. The van der Waals surface area contributed by atoms with Gasteiger partial charge >= 0.3 is 0 Å². The molecule has 0 saturated heterocycles. The number of nitrogens with one attached hydrogen (secondary N) is 4. The number of aromatic nitrogens is 7. The minimum absolute atomic E-state index is 0.332. The number of hydrogen-bond acceptors (Lipinski definition) is 8. The van der Waals surface area contributed by atoms with Gasteiger partial charge in [-0.2, -0.15) is 5.10 Å². The number of benzene rings is 2. The Balaban J connectivity index is 1.17. The van der Waals surface area contributed by atoms with E-state index < -0.39 is 0 Å². The molecular weight excluding hydrogens is 579 g/mol. The maximum absolute atomic E-state index is 14.7. The first-order valence-corrected chi connectivity index (χ1v) is 15.1. The molecule has 0 fully saturated rings. The highest BCUT2D eigenvalue weighted by Gasteiger charge is 2.17. The summed E-state index contributed by atoms with van der Waals surface area (Å²) in [6.45, 7) is 2.99. The van der Waals surface area contributed by atoms with Crippen LogP contribution in [0.25, 0.3) is 55.8 Å². The predicted molar refractivity (Wildman–Crippen MR) is 179 cm³/mol. The first-order valence-electron chi connectivity index (χ1n) is 15.1. The summed E-state index contributed by atoms with van der Waals surface area (Å²) >= 11 is 0. The Morgan fingerprint density at radius 3 is 2.52 bits per heavy atom. The molecule has 7 aromatic rings. The van der Waals surface area contributed by atoms with E-state index in [0.717, 1.165) is 46.2 Å². The summed E-state index contributed by atoms with van der Waals surface area (Å²) in [5.41, 5.74) is 8.98. The van der Waals surface area contributed by atoms with E-state index in [2.05, 4.69) is 63.9 Å². The maximum atomic E-state index is 14.7. The zero-order valence-corrected chi connectivity index (χ0v) is 25.5. The predicted octanol–water partition coefficient (Wildman–Crippen LogP) is 6.03. The smallest absolute Gasteiger partial charge is 0.181 e. The van der Waals surface area contributed by atoms with Crippen molar-refractivity contribution in [2.75, 3.05) is 32.5 Å². The summed E-state index contributed by atoms with van der Waals surface area (Å²) in [5, 5.41) is 15.1. The van der Waals surface area contributed by atoms with Gasteiger partial charge in [0.2, 0.25) is 0 Å². The number of likely N-dealkylation sites (N-methyl/N-ethyl adjacent to an activating group) is 1. The van der Waals surface area contributed by atoms with Crippen LogP contribution in [-0.2, 0) is 13.1 Å². The average Bonchev–Trinajstić information content (AvgIpc) is 3.69. The Bertz CT molecular complexity index is 2120. The molecule has 0 aliphatic heterocycles. The molecule has 2 aromatic carbocycles. The number of halogens is 1. The van der Waals surface area contributed by atoms with Crippen LogP contribution in [-0.4, -0.2) is 67.2 Å². The Morgan fingerprint density at radius 1 is 0.826 bits per heavy atom. The van der Waals surface area contributed by atoms with Gasteiger partial charge in [0, 0.05) is 73.3 Å². The van der Waals surface area contributed by atoms with Crippen LogP contribution in [0.4, 0.5) is 10.1 Å². The first kappa shape index (κ1) is 29.2. The highest BCUT2D eigenvalue weighted by molar-refractivity contribution is 5.97. The monoisotopic (exact) mass is 612 g/mol. The van der Waals surface area contributed by atoms with Gasteiger partial charge in [0.15, 0.2) is 11.5 Å². The van der Waals surface area contributed by atoms with E-state index in [1.165, 1.54) is 17.7 Å². The lowest BCUT2D eigenvalue weighted by atomic mass is 10.1. The fraction of sp³-hybridized carbons (Fsp3) is 0.171. The van der Waals surface area contributed by atoms with E-state index in [9.17, 15) is 4.39 Å². The van der Waals surface area contributed by atoms with Crippen molar-refractivity contribution in [3.8, 4) is 33.8 Å². The van der Waals surface area contributed by atoms with Crippen molar-refractivity contribution in [3.63, 3.8) is 0 Å². The SMILES string of the molecule is CN(C)CCNc1cc(F)cc(-c2cncc3[nH]c(-c4[nH]nc5ncc(-c6cncc(CNCc7ccccc7)c6)cc45)nc23)c1. The van der Waals surface area contributed by atoms with Gasteiger partial charge < -0.3 is 20.5 Å². The van der Waals surface area contributed by atoms with Crippen LogP contribution in [0.3, 0.4) is 0 Å². The van der Waals surface area contributed by atoms with Crippen LogP contribution in [0, 0.1) is 5.82 Å². The second-order valence-electron chi connectivity index (χ2n) is 11.5. The van der Waals surface area contributed by atoms with Gasteiger partial charge in [-0.25, -0.2) is 14.4 Å². The van der Waals surface area contributed by atoms with Crippen LogP contribution < -0.4 is 10.6 Å². The van der Waals surface area contributed by atoms with E-state index in [0.29, 0.717) is 47.0 Å². The van der Waals surface area contributed by atoms with E-state index in [4.69, 9.17) is 4.98 Å². The summed E-state index contributed by atoms with van der Waals surface area (Å²) in [5.74, 6) is 0.254. The molecule has 7 rings (SSSR count). The molecule has 4 N–H and O–H groups in total. The molecule has 5 aromatic heterocycles. The summed E-state index contributed by atoms with van der Waals surface area (Å²) in [6, 6.07) is 19.4. The third kappa shape index (κ3) is 6.32. The number of anilines is 1. The van der Waals surface area contributed by atoms with Crippen molar-refractivity contribution >= 4 is 27.8 Å². The van der Waals surface area contributed by atoms with Gasteiger partial charge in [-0.1, -0.05) is 30.3 Å². The highest BCUT2D eigenvalue weighted by Crippen LogP contribution is 2.33. The van der Waals surface area contributed by atoms with E-state index in [1.807, 2.05) is 56.8 Å². The third-order valence-corrected chi connectivity index (χ3v) is 7.77. The summed E-state index contributed by atoms with van der Waals surface area (Å²) < 4.78 is 14.7. The van der Waals surface area contributed by atoms with Crippen LogP contribution >= 0.6 is 0 Å². The number of aromatic amines is 2. The molecule has 0 saturated carbocycles. The maximum Gasteiger partial charge on any atom is 0.181 e. The van der Waals surface area contributed by atoms with Gasteiger partial charge in [-0.05, 0) is 61.1 Å². The lowest BCUT2D eigenvalue weighted by Crippen LogP contribution is -2.20. The van der Waals surface area contributed by atoms with Crippen molar-refractivity contribution in [1.29, 1.82) is 0 Å². The molecule has 0 unspecified atom stereocenters. The quantitative estimate of drug-likeness (QED) is 0.140. The van der Waals surface area contributed by atoms with Crippen molar-refractivity contribution in [2.24, 2.45) is 0 Å². The molecular formula is C35H33FN10. The van der Waals surface area contributed by atoms with Crippen LogP contribution in [0.1, 0.15) is 11.1 Å². The second-order valence-corrected chi connectivity index (χ2v) is 11.5. The van der Waals surface area contributed by atoms with E-state index in [-0.39, 0.29) is 5.82 Å². The molecule has 0 bridgehead atoms. The number of rotatable bonds is 11. The molecule has 46 heavy (non-hydrogen) atoms. The van der Waals surface area contributed by atoms with E-state index in [1.54, 1.807) is 18.6 Å². The summed E-state index contributed by atoms with van der Waals surface area (Å²) in [4.78, 5) is 23.9. The molecule has 0 radical (unpaired) electrons. The number of pyridine rings is 3. The van der Waals surface area contributed by atoms with Gasteiger partial charge in [0.1, 0.15) is 11.5 Å². The van der Waals surface area contributed by atoms with Crippen molar-refractivity contribution in [2.45, 2.75) is 13.1 Å². The zero-order chi connectivity index (χ0) is 31.5. The molecule has 0 amide bonds. The second kappa shape index (κ2) is 12.8. The van der Waals surface area contributed by atoms with Crippen molar-refractivity contribution in [1.82, 2.24) is 45.3 Å². The van der Waals surface area contributed by atoms with Crippen molar-refractivity contribution in [3.05, 3.63) is 109 Å². The van der Waals surface area contributed by atoms with Gasteiger partial charge in [0.25, 0.3) is 0 Å². The lowest BCUT2D eigenvalue weighted by molar-refractivity contribution is 0.425. The molecule has 5 heterocycles. The summed E-state index contributed by atoms with van der Waals surface area (Å²) in [7, 11) is 4.00. The molecule has 230 valence electrons. The van der Waals surface area contributed by atoms with E-state index >= 15 is 0 Å². The van der Waals surface area contributed by atoms with Crippen LogP contribution in [0.5, 0.6) is 0 Å². The first-order chi connectivity index (χ1) is 22.5. The number of imidazole rings is 1. The van der Waals surface area contributed by atoms with Crippen LogP contribution in [0.15, 0.2) is 91.6 Å². The van der Waals surface area contributed by atoms with Crippen LogP contribution in [0.2, 0.25) is 0 Å². The molecule has 0 aliphatic carbocycles. The number of hydrogen-bond donors (Lipinski definition) is 4. The highest BCUT2D eigenvalue weighted by atomic mass is 19.1. The third-order valence-electron chi connectivity index (χ3n) is 7.77. The standard InChI is InChI=1S/C35H33FN10/c1-46(2)9-8-40-28-12-24(11-27(36)14-28)30-20-39-21-31-32(30)43-35(42-31)33-29-13-26(19-41-34(29)45-44-33)25-10-23(17-38-18-25)16-37-15-22-6-4-3-5-7-22/h3-7,10-14,17-21,37,40H,8-9,15-16H2,1-2H3,(H,42,43)(H,41,44,45). The van der Waals surface area contributed by atoms with Gasteiger partial charge in [0.05, 0.1) is 22.6 Å². The normalized spacial score (nSPS) is 11.6. The molecule has 0 spiro atoms. The Labute approximate surface area is 265 Å². The summed E-state index contributed by atoms with van der Waals surface area (Å²) in [6.07, 6.45) is 8.95. The zero-order valence-electron chi connectivity index (χ0n) is 25.5. The molecule has 0 aliphatic rings. The molecule has 11 heteroatoms. The minimum Gasteiger partial charge on any atom is -0.384 e. The average molecular weight is 613 g/mol. The van der Waals surface area contributed by atoms with Crippen molar-refractivity contribution < 1.29 is 4.39 Å². The lowest BCUT2D eigenvalue weighted by Gasteiger charge is -2.12. The number of H-pyrrole nitrogens is 2. The number of fused-ring (bicyclic) bond motifs is 2. The largest absolute Gasteiger partial charge is 0.384 e. The Kier molecular flexibility index (Phi) is 8.15. The Morgan fingerprint density at radius 2 is 1.65 bits per heavy atom. The van der Waals surface area contributed by atoms with Gasteiger partial charge in [-0.15, -0.1) is 0 Å². The minimum atomic E-state index is -0.332. The molecule has 10 nitrogen and oxygen atoms in total. The fourth-order valence-corrected chi connectivity index (χ4v) is 5.46. The van der Waals surface area contributed by atoms with Gasteiger partial charge in [-0.3, -0.25) is 15.1 Å². The fourth-order valence-electron chi connectivity index (χ4n) is 5.46. The Hall–Kier alpha value is -5.52. The number of nitrogens with zero attached hydrogens (tertiary/aromatic N) is 6.